The fourth-order valence-corrected chi connectivity index (χ4v) is 1.05. The Morgan fingerprint density at radius 2 is 1.25 bits per heavy atom. The number of aliphatic hydroxyl groups is 7. The van der Waals surface area contributed by atoms with Gasteiger partial charge in [-0.2, -0.15) is 0 Å². The van der Waals surface area contributed by atoms with E-state index in [0.29, 0.717) is 0 Å². The zero-order chi connectivity index (χ0) is 12.7. The molecule has 0 rings (SSSR count). The molecule has 5 unspecified atom stereocenters. The van der Waals surface area contributed by atoms with E-state index in [1.165, 1.54) is 0 Å². The van der Waals surface area contributed by atoms with Gasteiger partial charge in [-0.05, 0) is 12.8 Å². The number of rotatable bonds is 8. The highest BCUT2D eigenvalue weighted by Gasteiger charge is 2.25. The van der Waals surface area contributed by atoms with Crippen LogP contribution in [0.15, 0.2) is 0 Å². The first kappa shape index (κ1) is 15.7. The van der Waals surface area contributed by atoms with E-state index in [1.54, 1.807) is 0 Å². The molecule has 0 amide bonds. The van der Waals surface area contributed by atoms with Crippen LogP contribution in [-0.4, -0.2) is 79.5 Å². The van der Waals surface area contributed by atoms with Gasteiger partial charge in [0.1, 0.15) is 18.3 Å². The van der Waals surface area contributed by atoms with Gasteiger partial charge in [-0.1, -0.05) is 0 Å². The SMILES string of the molecule is OCC(O)C(O)[CH]CC(O)C(O)C(O)CO. The van der Waals surface area contributed by atoms with Gasteiger partial charge in [0.25, 0.3) is 0 Å². The lowest BCUT2D eigenvalue weighted by Gasteiger charge is -2.23. The van der Waals surface area contributed by atoms with Crippen molar-refractivity contribution in [2.75, 3.05) is 13.2 Å². The average Bonchev–Trinajstić information content (AvgIpc) is 2.32. The van der Waals surface area contributed by atoms with Crippen LogP contribution in [0.25, 0.3) is 0 Å². The van der Waals surface area contributed by atoms with Gasteiger partial charge < -0.3 is 35.7 Å². The first-order chi connectivity index (χ1) is 7.43. The van der Waals surface area contributed by atoms with Crippen LogP contribution in [0.5, 0.6) is 0 Å². The summed E-state index contributed by atoms with van der Waals surface area (Å²) < 4.78 is 0. The van der Waals surface area contributed by atoms with E-state index in [9.17, 15) is 15.3 Å². The van der Waals surface area contributed by atoms with E-state index in [-0.39, 0.29) is 6.42 Å². The van der Waals surface area contributed by atoms with Gasteiger partial charge in [-0.25, -0.2) is 0 Å². The topological polar surface area (TPSA) is 142 Å². The van der Waals surface area contributed by atoms with Crippen LogP contribution in [0.1, 0.15) is 6.42 Å². The summed E-state index contributed by atoms with van der Waals surface area (Å²) in [7, 11) is 0. The molecule has 97 valence electrons. The summed E-state index contributed by atoms with van der Waals surface area (Å²) in [5, 5.41) is 62.7. The third-order valence-corrected chi connectivity index (χ3v) is 2.18. The van der Waals surface area contributed by atoms with Crippen molar-refractivity contribution in [1.29, 1.82) is 0 Å². The molecule has 0 aliphatic carbocycles. The maximum atomic E-state index is 9.31. The maximum Gasteiger partial charge on any atom is 0.108 e. The minimum Gasteiger partial charge on any atom is -0.394 e. The van der Waals surface area contributed by atoms with Crippen molar-refractivity contribution >= 4 is 0 Å². The molecule has 5 atom stereocenters. The van der Waals surface area contributed by atoms with Crippen molar-refractivity contribution in [3.8, 4) is 0 Å². The molecule has 0 spiro atoms. The lowest BCUT2D eigenvalue weighted by atomic mass is 10.0. The molecule has 7 heteroatoms. The molecule has 7 N–H and O–H groups in total. The Balaban J connectivity index is 3.92. The van der Waals surface area contributed by atoms with Crippen molar-refractivity contribution in [1.82, 2.24) is 0 Å². The Kier molecular flexibility index (Phi) is 7.77. The highest BCUT2D eigenvalue weighted by Crippen LogP contribution is 2.09. The minimum atomic E-state index is -1.54. The summed E-state index contributed by atoms with van der Waals surface area (Å²) in [6, 6.07) is 0. The van der Waals surface area contributed by atoms with Crippen LogP contribution < -0.4 is 0 Å². The lowest BCUT2D eigenvalue weighted by molar-refractivity contribution is -0.0788. The summed E-state index contributed by atoms with van der Waals surface area (Å²) in [5.41, 5.74) is 0. The molecule has 0 fully saturated rings. The van der Waals surface area contributed by atoms with Gasteiger partial charge in [0.15, 0.2) is 0 Å². The molecule has 1 radical (unpaired) electrons. The molecular weight excluding hydrogens is 220 g/mol. The molecule has 0 bridgehead atoms. The van der Waals surface area contributed by atoms with Crippen LogP contribution in [0.2, 0.25) is 0 Å². The molecule has 0 aromatic heterocycles. The van der Waals surface area contributed by atoms with Crippen LogP contribution in [0, 0.1) is 6.42 Å². The fourth-order valence-electron chi connectivity index (χ4n) is 1.05. The normalized spacial score (nSPS) is 21.2. The molecular formula is C9H19O7. The van der Waals surface area contributed by atoms with Gasteiger partial charge in [-0.15, -0.1) is 0 Å². The van der Waals surface area contributed by atoms with Crippen molar-refractivity contribution < 1.29 is 35.7 Å². The molecule has 0 aliphatic heterocycles. The molecule has 0 saturated carbocycles. The molecule has 7 nitrogen and oxygen atoms in total. The maximum absolute atomic E-state index is 9.31. The van der Waals surface area contributed by atoms with E-state index in [2.05, 4.69) is 0 Å². The smallest absolute Gasteiger partial charge is 0.108 e. The Labute approximate surface area is 93.2 Å². The lowest BCUT2D eigenvalue weighted by Crippen LogP contribution is -2.40. The number of hydrogen-bond acceptors (Lipinski definition) is 7. The van der Waals surface area contributed by atoms with Gasteiger partial charge in [0.05, 0.1) is 25.4 Å². The second-order valence-corrected chi connectivity index (χ2v) is 3.52. The first-order valence-corrected chi connectivity index (χ1v) is 4.89. The number of aliphatic hydroxyl groups excluding tert-OH is 7. The van der Waals surface area contributed by atoms with Gasteiger partial charge in [0, 0.05) is 0 Å². The van der Waals surface area contributed by atoms with Gasteiger partial charge >= 0.3 is 0 Å². The van der Waals surface area contributed by atoms with E-state index in [4.69, 9.17) is 20.4 Å². The third-order valence-electron chi connectivity index (χ3n) is 2.18. The predicted octanol–water partition coefficient (Wildman–Crippen LogP) is -3.63. The quantitative estimate of drug-likeness (QED) is 0.232. The summed E-state index contributed by atoms with van der Waals surface area (Å²) in [6.45, 7) is -1.32. The second kappa shape index (κ2) is 7.91. The van der Waals surface area contributed by atoms with Crippen LogP contribution in [0.4, 0.5) is 0 Å². The van der Waals surface area contributed by atoms with E-state index < -0.39 is 43.7 Å². The highest BCUT2D eigenvalue weighted by atomic mass is 16.4. The van der Waals surface area contributed by atoms with Gasteiger partial charge in [-0.3, -0.25) is 0 Å². The standard InChI is InChI=1S/C9H19O7/c10-3-7(14)5(12)1-2-6(13)9(16)8(15)4-11/h1,5-16H,2-4H2. The Morgan fingerprint density at radius 3 is 1.69 bits per heavy atom. The summed E-state index contributed by atoms with van der Waals surface area (Å²) in [6.07, 6.45) is -6.18. The minimum absolute atomic E-state index is 0.198. The summed E-state index contributed by atoms with van der Waals surface area (Å²) >= 11 is 0. The average molecular weight is 239 g/mol. The Morgan fingerprint density at radius 1 is 0.750 bits per heavy atom. The van der Waals surface area contributed by atoms with Crippen molar-refractivity contribution in [2.45, 2.75) is 36.9 Å². The molecule has 0 aliphatic rings. The van der Waals surface area contributed by atoms with Crippen LogP contribution in [-0.2, 0) is 0 Å². The molecule has 0 saturated heterocycles. The first-order valence-electron chi connectivity index (χ1n) is 4.89. The monoisotopic (exact) mass is 239 g/mol. The van der Waals surface area contributed by atoms with Crippen molar-refractivity contribution in [3.63, 3.8) is 0 Å². The second-order valence-electron chi connectivity index (χ2n) is 3.52. The van der Waals surface area contributed by atoms with Gasteiger partial charge in [0.2, 0.25) is 0 Å². The molecule has 0 heterocycles. The fraction of sp³-hybridized carbons (Fsp3) is 0.889. The molecule has 0 aromatic carbocycles. The van der Waals surface area contributed by atoms with Crippen LogP contribution >= 0.6 is 0 Å². The summed E-state index contributed by atoms with van der Waals surface area (Å²) in [4.78, 5) is 0. The largest absolute Gasteiger partial charge is 0.394 e. The van der Waals surface area contributed by atoms with E-state index >= 15 is 0 Å². The van der Waals surface area contributed by atoms with E-state index in [1.807, 2.05) is 0 Å². The Hall–Kier alpha value is -0.280. The Bertz CT molecular complexity index is 177. The predicted molar refractivity (Wildman–Crippen MR) is 53.1 cm³/mol. The zero-order valence-corrected chi connectivity index (χ0v) is 8.72. The number of hydrogen-bond donors (Lipinski definition) is 7. The zero-order valence-electron chi connectivity index (χ0n) is 8.72. The molecule has 16 heavy (non-hydrogen) atoms. The van der Waals surface area contributed by atoms with Crippen LogP contribution in [0.3, 0.4) is 0 Å². The van der Waals surface area contributed by atoms with E-state index in [0.717, 1.165) is 6.42 Å². The van der Waals surface area contributed by atoms with Crippen molar-refractivity contribution in [3.05, 3.63) is 6.42 Å². The molecule has 0 aromatic rings. The summed E-state index contributed by atoms with van der Waals surface area (Å²) in [5.74, 6) is 0. The highest BCUT2D eigenvalue weighted by molar-refractivity contribution is 4.87. The third kappa shape index (κ3) is 5.17. The van der Waals surface area contributed by atoms with Crippen molar-refractivity contribution in [2.24, 2.45) is 0 Å².